The van der Waals surface area contributed by atoms with Crippen LogP contribution in [0, 0.1) is 0 Å². The molecule has 0 bridgehead atoms. The second kappa shape index (κ2) is 7.96. The summed E-state index contributed by atoms with van der Waals surface area (Å²) in [5.41, 5.74) is 11.6. The first-order valence-corrected chi connectivity index (χ1v) is 11.9. The van der Waals surface area contributed by atoms with Crippen LogP contribution in [0.25, 0.3) is 0 Å². The van der Waals surface area contributed by atoms with E-state index in [2.05, 4.69) is 39.8 Å². The van der Waals surface area contributed by atoms with Gasteiger partial charge in [0.25, 0.3) is 5.91 Å². The molecule has 2 amide bonds. The van der Waals surface area contributed by atoms with Gasteiger partial charge in [-0.05, 0) is 17.9 Å². The average molecular weight is 501 g/mol. The number of carbonyl (C=O) groups excluding carboxylic acids is 2. The van der Waals surface area contributed by atoms with Gasteiger partial charge in [0.05, 0.1) is 18.2 Å². The van der Waals surface area contributed by atoms with Gasteiger partial charge in [-0.1, -0.05) is 26.0 Å². The maximum atomic E-state index is 13.4. The van der Waals surface area contributed by atoms with E-state index >= 15 is 0 Å². The number of hydrogen-bond acceptors (Lipinski definition) is 11. The Hall–Kier alpha value is -3.58. The largest absolute Gasteiger partial charge is 0.492 e. The first kappa shape index (κ1) is 24.1. The molecule has 9 N–H and O–H groups in total. The quantitative estimate of drug-likeness (QED) is 0.221. The summed E-state index contributed by atoms with van der Waals surface area (Å²) in [4.78, 5) is 35.2. The van der Waals surface area contributed by atoms with Crippen molar-refractivity contribution in [2.75, 3.05) is 19.7 Å². The number of carbonyl (C=O) groups is 2. The fraction of sp³-hybridized carbons (Fsp3) is 0.565. The number of nitrogens with one attached hydrogen (secondary N) is 3. The number of para-hydroxylation sites is 1. The lowest BCUT2D eigenvalue weighted by Gasteiger charge is -2.49. The third kappa shape index (κ3) is 3.37. The molecule has 0 radical (unpaired) electrons. The van der Waals surface area contributed by atoms with Crippen molar-refractivity contribution in [2.45, 2.75) is 62.2 Å². The average Bonchev–Trinajstić information content (AvgIpc) is 3.26. The molecule has 4 aliphatic rings. The minimum absolute atomic E-state index is 0.00500. The van der Waals surface area contributed by atoms with Crippen LogP contribution in [0.5, 0.6) is 5.75 Å². The van der Waals surface area contributed by atoms with Gasteiger partial charge < -0.3 is 47.3 Å². The third-order valence-electron chi connectivity index (χ3n) is 7.63. The second-order valence-corrected chi connectivity index (χ2v) is 10.4. The smallest absolute Gasteiger partial charge is 0.255 e. The highest BCUT2D eigenvalue weighted by atomic mass is 16.5. The van der Waals surface area contributed by atoms with E-state index in [1.54, 1.807) is 12.1 Å². The van der Waals surface area contributed by atoms with Crippen molar-refractivity contribution in [3.63, 3.8) is 0 Å². The molecule has 1 saturated heterocycles. The summed E-state index contributed by atoms with van der Waals surface area (Å²) >= 11 is 0. The Balaban J connectivity index is 1.46. The number of rotatable bonds is 4. The van der Waals surface area contributed by atoms with Crippen molar-refractivity contribution >= 4 is 23.7 Å². The van der Waals surface area contributed by atoms with E-state index in [0.29, 0.717) is 17.9 Å². The molecule has 4 atom stereocenters. The monoisotopic (exact) mass is 500 g/mol. The molecular weight excluding hydrogens is 468 g/mol. The summed E-state index contributed by atoms with van der Waals surface area (Å²) in [6.45, 7) is 6.00. The molecule has 4 heterocycles. The van der Waals surface area contributed by atoms with E-state index < -0.39 is 35.5 Å². The van der Waals surface area contributed by atoms with Crippen LogP contribution in [0.3, 0.4) is 0 Å². The van der Waals surface area contributed by atoms with E-state index in [1.165, 1.54) is 11.8 Å². The fourth-order valence-electron chi connectivity index (χ4n) is 5.68. The van der Waals surface area contributed by atoms with Crippen LogP contribution in [0.4, 0.5) is 0 Å². The summed E-state index contributed by atoms with van der Waals surface area (Å²) in [5.74, 6) is -2.91. The summed E-state index contributed by atoms with van der Waals surface area (Å²) in [6.07, 6.45) is 0.814. The van der Waals surface area contributed by atoms with Gasteiger partial charge in [0.15, 0.2) is 17.6 Å². The summed E-state index contributed by atoms with van der Waals surface area (Å²) in [6, 6.07) is 2.55. The Morgan fingerprint density at radius 2 is 2.03 bits per heavy atom. The van der Waals surface area contributed by atoms with Crippen molar-refractivity contribution in [1.29, 1.82) is 0 Å². The van der Waals surface area contributed by atoms with Crippen LogP contribution < -0.4 is 32.2 Å². The number of nitrogens with two attached hydrogens (primary N) is 2. The zero-order chi connectivity index (χ0) is 26.0. The number of hydrogen-bond donors (Lipinski definition) is 7. The van der Waals surface area contributed by atoms with E-state index in [-0.39, 0.29) is 36.3 Å². The molecule has 0 saturated carbocycles. The van der Waals surface area contributed by atoms with Crippen LogP contribution in [0.2, 0.25) is 0 Å². The highest BCUT2D eigenvalue weighted by Gasteiger charge is 2.73. The number of nitrogens with zero attached hydrogens (tertiary/aromatic N) is 3. The molecule has 13 heteroatoms. The van der Waals surface area contributed by atoms with Crippen LogP contribution in [-0.2, 0) is 10.2 Å². The van der Waals surface area contributed by atoms with Gasteiger partial charge in [0.1, 0.15) is 17.8 Å². The Bertz CT molecular complexity index is 1180. The van der Waals surface area contributed by atoms with Gasteiger partial charge in [-0.25, -0.2) is 9.98 Å². The lowest BCUT2D eigenvalue weighted by Crippen LogP contribution is -2.78. The zero-order valence-corrected chi connectivity index (χ0v) is 20.4. The lowest BCUT2D eigenvalue weighted by atomic mass is 9.79. The maximum absolute atomic E-state index is 13.4. The van der Waals surface area contributed by atoms with Gasteiger partial charge >= 0.3 is 0 Å². The molecule has 3 unspecified atom stereocenters. The molecule has 36 heavy (non-hydrogen) atoms. The third-order valence-corrected chi connectivity index (χ3v) is 7.63. The molecule has 1 aromatic carbocycles. The van der Waals surface area contributed by atoms with Crippen molar-refractivity contribution in [3.05, 3.63) is 29.3 Å². The van der Waals surface area contributed by atoms with E-state index in [9.17, 15) is 19.8 Å². The normalized spacial score (nSPS) is 31.0. The number of ether oxygens (including phenoxy) is 1. The predicted octanol–water partition coefficient (Wildman–Crippen LogP) is -2.34. The van der Waals surface area contributed by atoms with E-state index in [1.807, 2.05) is 6.07 Å². The van der Waals surface area contributed by atoms with Crippen LogP contribution >= 0.6 is 0 Å². The lowest BCUT2D eigenvalue weighted by molar-refractivity contribution is -0.230. The van der Waals surface area contributed by atoms with E-state index in [4.69, 9.17) is 16.2 Å². The Labute approximate surface area is 208 Å². The molecule has 1 spiro atoms. The van der Waals surface area contributed by atoms with Gasteiger partial charge in [-0.15, -0.1) is 0 Å². The van der Waals surface area contributed by atoms with Crippen molar-refractivity contribution < 1.29 is 24.5 Å². The predicted molar refractivity (Wildman–Crippen MR) is 130 cm³/mol. The SMILES string of the molecule is CC(=O)NC[C@@H]1N=C(N)N2CC(NC(=O)c3cccc4c3OCCC4(C)C)C(O)(O)C23NC(N)=NC13. The Morgan fingerprint density at radius 3 is 2.75 bits per heavy atom. The minimum Gasteiger partial charge on any atom is -0.492 e. The highest BCUT2D eigenvalue weighted by Crippen LogP contribution is 2.45. The molecule has 5 rings (SSSR count). The van der Waals surface area contributed by atoms with Crippen LogP contribution in [0.1, 0.15) is 43.1 Å². The molecule has 0 aromatic heterocycles. The number of aliphatic hydroxyl groups is 2. The molecule has 194 valence electrons. The van der Waals surface area contributed by atoms with Crippen molar-refractivity contribution in [1.82, 2.24) is 20.9 Å². The molecular formula is C23H32N8O5. The van der Waals surface area contributed by atoms with Gasteiger partial charge in [0, 0.05) is 25.6 Å². The molecule has 1 aromatic rings. The minimum atomic E-state index is -2.57. The topological polar surface area (TPSA) is 200 Å². The summed E-state index contributed by atoms with van der Waals surface area (Å²) in [7, 11) is 0. The zero-order valence-electron chi connectivity index (χ0n) is 20.4. The fourth-order valence-corrected chi connectivity index (χ4v) is 5.68. The summed E-state index contributed by atoms with van der Waals surface area (Å²) < 4.78 is 5.86. The number of guanidine groups is 2. The number of aliphatic imine (C=N–C) groups is 2. The van der Waals surface area contributed by atoms with Gasteiger partial charge in [-0.2, -0.15) is 0 Å². The highest BCUT2D eigenvalue weighted by molar-refractivity contribution is 5.98. The Morgan fingerprint density at radius 1 is 1.28 bits per heavy atom. The van der Waals surface area contributed by atoms with E-state index in [0.717, 1.165) is 12.0 Å². The molecule has 0 aliphatic carbocycles. The molecule has 4 aliphatic heterocycles. The number of benzene rings is 1. The standard InChI is InChI=1S/C23H32N8O5/c1-11(32)26-9-14-17-22(30-19(24)29-17)23(34,35)15(10-31(22)20(25)27-14)28-18(33)12-5-4-6-13-16(12)36-8-7-21(13,2)3/h4-6,14-15,17,34-35H,7-10H2,1-3H3,(H2,25,27)(H,26,32)(H,28,33)(H3,24,29,30)/t14-,15?,17?,22?/m0/s1. The summed E-state index contributed by atoms with van der Waals surface area (Å²) in [5, 5.41) is 31.4. The Kier molecular flexibility index (Phi) is 5.34. The number of amides is 2. The maximum Gasteiger partial charge on any atom is 0.255 e. The molecule has 1 fully saturated rings. The van der Waals surface area contributed by atoms with Crippen LogP contribution in [0.15, 0.2) is 28.2 Å². The van der Waals surface area contributed by atoms with Crippen molar-refractivity contribution in [2.24, 2.45) is 21.5 Å². The number of fused-ring (bicyclic) bond motifs is 1. The second-order valence-electron chi connectivity index (χ2n) is 10.4. The molecule has 13 nitrogen and oxygen atoms in total. The first-order valence-electron chi connectivity index (χ1n) is 11.9. The van der Waals surface area contributed by atoms with Crippen molar-refractivity contribution in [3.8, 4) is 5.75 Å². The first-order chi connectivity index (χ1) is 16.9. The van der Waals surface area contributed by atoms with Gasteiger partial charge in [0.2, 0.25) is 11.7 Å². The van der Waals surface area contributed by atoms with Crippen LogP contribution in [-0.4, -0.2) is 88.1 Å². The van der Waals surface area contributed by atoms with Gasteiger partial charge in [-0.3, -0.25) is 9.59 Å².